The fraction of sp³-hybridized carbons (Fsp3) is 0.222. The molecule has 0 spiro atoms. The van der Waals surface area contributed by atoms with Crippen LogP contribution in [0.1, 0.15) is 26.8 Å². The van der Waals surface area contributed by atoms with Crippen molar-refractivity contribution in [1.29, 1.82) is 0 Å². The first-order valence-corrected chi connectivity index (χ1v) is 9.71. The Morgan fingerprint density at radius 2 is 1.88 bits per heavy atom. The smallest absolute Gasteiger partial charge is 0.311 e. The first-order valence-electron chi connectivity index (χ1n) is 7.95. The number of esters is 1. The molecular formula is C18H17N3O3S2. The Kier molecular flexibility index (Phi) is 6.08. The number of aromatic nitrogens is 2. The maximum Gasteiger partial charge on any atom is 0.311 e. The number of thiazole rings is 2. The highest BCUT2D eigenvalue weighted by Gasteiger charge is 2.14. The van der Waals surface area contributed by atoms with E-state index in [-0.39, 0.29) is 18.3 Å². The minimum absolute atomic E-state index is 0.0865. The minimum atomic E-state index is -0.365. The van der Waals surface area contributed by atoms with Crippen molar-refractivity contribution < 1.29 is 14.3 Å². The molecule has 8 heteroatoms. The lowest BCUT2D eigenvalue weighted by Crippen LogP contribution is -2.12. The molecular weight excluding hydrogens is 370 g/mol. The maximum atomic E-state index is 12.3. The number of nitrogens with zero attached hydrogens (tertiary/aromatic N) is 2. The number of aryl methyl sites for hydroxylation is 2. The first kappa shape index (κ1) is 18.2. The van der Waals surface area contributed by atoms with Gasteiger partial charge in [0, 0.05) is 17.2 Å². The van der Waals surface area contributed by atoms with E-state index in [1.54, 1.807) is 10.8 Å². The van der Waals surface area contributed by atoms with Crippen molar-refractivity contribution in [1.82, 2.24) is 9.97 Å². The molecule has 1 aromatic carbocycles. The number of anilines is 1. The average Bonchev–Trinajstić information content (AvgIpc) is 3.30. The summed E-state index contributed by atoms with van der Waals surface area (Å²) < 4.78 is 4.60. The average molecular weight is 387 g/mol. The summed E-state index contributed by atoms with van der Waals surface area (Å²) in [6.07, 6.45) is 1.77. The summed E-state index contributed by atoms with van der Waals surface area (Å²) in [5.41, 5.74) is 2.19. The van der Waals surface area contributed by atoms with Crippen molar-refractivity contribution in [3.63, 3.8) is 0 Å². The van der Waals surface area contributed by atoms with E-state index in [4.69, 9.17) is 0 Å². The van der Waals surface area contributed by atoms with Gasteiger partial charge in [0.2, 0.25) is 0 Å². The van der Waals surface area contributed by atoms with Crippen LogP contribution in [-0.4, -0.2) is 29.0 Å². The molecule has 1 N–H and O–H groups in total. The molecule has 0 saturated heterocycles. The fourth-order valence-electron chi connectivity index (χ4n) is 2.25. The van der Waals surface area contributed by atoms with E-state index < -0.39 is 0 Å². The van der Waals surface area contributed by atoms with Crippen molar-refractivity contribution in [3.8, 4) is 0 Å². The van der Waals surface area contributed by atoms with E-state index in [9.17, 15) is 9.59 Å². The molecule has 0 unspecified atom stereocenters. The number of amides is 1. The topological polar surface area (TPSA) is 81.2 Å². The van der Waals surface area contributed by atoms with Crippen LogP contribution in [0.3, 0.4) is 0 Å². The summed E-state index contributed by atoms with van der Waals surface area (Å²) in [5, 5.41) is 7.55. The number of benzene rings is 1. The van der Waals surface area contributed by atoms with Crippen LogP contribution >= 0.6 is 22.7 Å². The lowest BCUT2D eigenvalue weighted by molar-refractivity contribution is -0.139. The van der Waals surface area contributed by atoms with Crippen LogP contribution < -0.4 is 5.32 Å². The molecule has 2 aromatic heterocycles. The monoisotopic (exact) mass is 387 g/mol. The quantitative estimate of drug-likeness (QED) is 0.629. The van der Waals surface area contributed by atoms with Crippen molar-refractivity contribution in [2.24, 2.45) is 0 Å². The Hall–Kier alpha value is -2.58. The molecule has 0 aliphatic heterocycles. The van der Waals surface area contributed by atoms with Gasteiger partial charge in [-0.25, -0.2) is 9.97 Å². The lowest BCUT2D eigenvalue weighted by Gasteiger charge is -1.99. The van der Waals surface area contributed by atoms with Gasteiger partial charge >= 0.3 is 5.97 Å². The second-order valence-corrected chi connectivity index (χ2v) is 7.26. The second kappa shape index (κ2) is 8.68. The number of carbonyl (C=O) groups excluding carboxylic acids is 2. The molecule has 6 nitrogen and oxygen atoms in total. The number of nitrogens with one attached hydrogen (secondary N) is 1. The van der Waals surface area contributed by atoms with E-state index in [0.29, 0.717) is 16.5 Å². The zero-order chi connectivity index (χ0) is 18.4. The van der Waals surface area contributed by atoms with Crippen LogP contribution in [-0.2, 0) is 28.8 Å². The van der Waals surface area contributed by atoms with Gasteiger partial charge in [-0.3, -0.25) is 14.9 Å². The summed E-state index contributed by atoms with van der Waals surface area (Å²) in [7, 11) is 1.33. The van der Waals surface area contributed by atoms with Crippen molar-refractivity contribution in [2.75, 3.05) is 12.4 Å². The van der Waals surface area contributed by atoms with E-state index >= 15 is 0 Å². The molecule has 0 aliphatic rings. The highest BCUT2D eigenvalue weighted by atomic mass is 32.1. The van der Waals surface area contributed by atoms with Crippen LogP contribution in [0.2, 0.25) is 0 Å². The van der Waals surface area contributed by atoms with E-state index in [0.717, 1.165) is 17.8 Å². The normalized spacial score (nSPS) is 10.5. The number of hydrogen-bond acceptors (Lipinski definition) is 7. The Morgan fingerprint density at radius 1 is 1.08 bits per heavy atom. The van der Waals surface area contributed by atoms with Gasteiger partial charge in [-0.05, 0) is 12.0 Å². The van der Waals surface area contributed by atoms with Gasteiger partial charge in [0.1, 0.15) is 5.69 Å². The summed E-state index contributed by atoms with van der Waals surface area (Å²) >= 11 is 2.74. The van der Waals surface area contributed by atoms with Gasteiger partial charge in [0.15, 0.2) is 5.13 Å². The van der Waals surface area contributed by atoms with Crippen LogP contribution in [0.25, 0.3) is 0 Å². The van der Waals surface area contributed by atoms with Crippen LogP contribution in [0.5, 0.6) is 0 Å². The summed E-state index contributed by atoms with van der Waals surface area (Å²) in [6.45, 7) is 0. The molecule has 0 radical (unpaired) electrons. The van der Waals surface area contributed by atoms with Gasteiger partial charge in [-0.15, -0.1) is 22.7 Å². The molecule has 0 aliphatic carbocycles. The third-order valence-electron chi connectivity index (χ3n) is 3.58. The summed E-state index contributed by atoms with van der Waals surface area (Å²) in [6, 6.07) is 10.2. The molecule has 26 heavy (non-hydrogen) atoms. The Labute approximate surface area is 158 Å². The fourth-order valence-corrected chi connectivity index (χ4v) is 3.74. The largest absolute Gasteiger partial charge is 0.469 e. The molecule has 2 heterocycles. The van der Waals surface area contributed by atoms with Gasteiger partial charge in [0.05, 0.1) is 24.2 Å². The van der Waals surface area contributed by atoms with Gasteiger partial charge in [-0.1, -0.05) is 30.3 Å². The molecule has 0 fully saturated rings. The van der Waals surface area contributed by atoms with E-state index in [2.05, 4.69) is 32.2 Å². The summed E-state index contributed by atoms with van der Waals surface area (Å²) in [5.74, 6) is -0.665. The number of carbonyl (C=O) groups is 2. The first-order chi connectivity index (χ1) is 12.6. The Balaban J connectivity index is 1.55. The van der Waals surface area contributed by atoms with Gasteiger partial charge < -0.3 is 4.74 Å². The van der Waals surface area contributed by atoms with Crippen molar-refractivity contribution in [3.05, 3.63) is 63.1 Å². The predicted octanol–water partition coefficient (Wildman–Crippen LogP) is 3.35. The highest BCUT2D eigenvalue weighted by molar-refractivity contribution is 7.14. The Morgan fingerprint density at radius 3 is 2.65 bits per heavy atom. The number of methoxy groups -OCH3 is 1. The van der Waals surface area contributed by atoms with E-state index in [1.807, 2.05) is 18.2 Å². The van der Waals surface area contributed by atoms with Gasteiger partial charge in [0.25, 0.3) is 5.91 Å². The lowest BCUT2D eigenvalue weighted by atomic mass is 10.1. The highest BCUT2D eigenvalue weighted by Crippen LogP contribution is 2.18. The van der Waals surface area contributed by atoms with Crippen LogP contribution in [0.15, 0.2) is 41.1 Å². The zero-order valence-corrected chi connectivity index (χ0v) is 15.7. The number of ether oxygens (including phenoxy) is 1. The maximum absolute atomic E-state index is 12.3. The predicted molar refractivity (Wildman–Crippen MR) is 102 cm³/mol. The van der Waals surface area contributed by atoms with E-state index in [1.165, 1.54) is 35.3 Å². The molecule has 3 rings (SSSR count). The SMILES string of the molecule is COC(=O)Cc1csc(NC(=O)c2csc(CCc3ccccc3)n2)n1. The number of rotatable bonds is 7. The molecule has 1 amide bonds. The molecule has 134 valence electrons. The van der Waals surface area contributed by atoms with Gasteiger partial charge in [-0.2, -0.15) is 0 Å². The third-order valence-corrected chi connectivity index (χ3v) is 5.30. The van der Waals surface area contributed by atoms with Crippen LogP contribution in [0, 0.1) is 0 Å². The second-order valence-electron chi connectivity index (χ2n) is 5.46. The number of hydrogen-bond donors (Lipinski definition) is 1. The third kappa shape index (κ3) is 4.96. The van der Waals surface area contributed by atoms with Crippen molar-refractivity contribution >= 4 is 39.7 Å². The Bertz CT molecular complexity index is 890. The molecule has 0 saturated carbocycles. The standard InChI is InChI=1S/C18H17N3O3S2/c1-24-16(22)9-13-10-26-18(19-13)21-17(23)14-11-25-15(20-14)8-7-12-5-3-2-4-6-12/h2-6,10-11H,7-9H2,1H3,(H,19,21,23). The molecule has 0 bridgehead atoms. The minimum Gasteiger partial charge on any atom is -0.469 e. The summed E-state index contributed by atoms with van der Waals surface area (Å²) in [4.78, 5) is 32.2. The van der Waals surface area contributed by atoms with Crippen LogP contribution in [0.4, 0.5) is 5.13 Å². The zero-order valence-electron chi connectivity index (χ0n) is 14.1. The van der Waals surface area contributed by atoms with Crippen molar-refractivity contribution in [2.45, 2.75) is 19.3 Å². The molecule has 0 atom stereocenters. The molecule has 3 aromatic rings.